The Morgan fingerprint density at radius 3 is 2.57 bits per heavy atom. The molecule has 2 heterocycles. The molecule has 0 saturated carbocycles. The van der Waals surface area contributed by atoms with Crippen molar-refractivity contribution in [1.82, 2.24) is 4.90 Å². The number of aliphatic hydroxyl groups is 1. The van der Waals surface area contributed by atoms with Crippen molar-refractivity contribution in [3.63, 3.8) is 0 Å². The number of ether oxygens (including phenoxy) is 2. The zero-order chi connectivity index (χ0) is 10.0. The molecule has 82 valence electrons. The molecule has 0 aromatic rings. The van der Waals surface area contributed by atoms with Crippen LogP contribution in [0.3, 0.4) is 0 Å². The Morgan fingerprint density at radius 2 is 1.93 bits per heavy atom. The minimum absolute atomic E-state index is 0.139. The van der Waals surface area contributed by atoms with Gasteiger partial charge in [-0.15, -0.1) is 0 Å². The summed E-state index contributed by atoms with van der Waals surface area (Å²) in [5, 5.41) is 10.2. The lowest BCUT2D eigenvalue weighted by molar-refractivity contribution is -0.134. The van der Waals surface area contributed by atoms with Gasteiger partial charge in [0.25, 0.3) is 0 Å². The molecule has 2 aliphatic rings. The summed E-state index contributed by atoms with van der Waals surface area (Å²) in [7, 11) is 0. The van der Waals surface area contributed by atoms with Gasteiger partial charge >= 0.3 is 0 Å². The van der Waals surface area contributed by atoms with E-state index in [0.717, 1.165) is 32.7 Å². The monoisotopic (exact) mass is 201 g/mol. The van der Waals surface area contributed by atoms with Crippen molar-refractivity contribution in [2.24, 2.45) is 0 Å². The standard InChI is InChI=1S/C10H19NO3/c1-10(12)2-5-14-8-9(10)11-3-6-13-7-4-11/h9,12H,2-8H2,1H3. The van der Waals surface area contributed by atoms with Crippen LogP contribution in [-0.4, -0.2) is 61.2 Å². The smallest absolute Gasteiger partial charge is 0.0818 e. The highest BCUT2D eigenvalue weighted by molar-refractivity contribution is 4.92. The average Bonchev–Trinajstić information content (AvgIpc) is 2.18. The molecule has 4 heteroatoms. The molecule has 1 N–H and O–H groups in total. The van der Waals surface area contributed by atoms with Gasteiger partial charge in [0.15, 0.2) is 0 Å². The first-order valence-electron chi connectivity index (χ1n) is 5.32. The van der Waals surface area contributed by atoms with Crippen molar-refractivity contribution in [3.05, 3.63) is 0 Å². The molecule has 2 rings (SSSR count). The maximum Gasteiger partial charge on any atom is 0.0818 e. The molecule has 0 spiro atoms. The molecule has 0 radical (unpaired) electrons. The molecule has 0 aliphatic carbocycles. The van der Waals surface area contributed by atoms with Gasteiger partial charge in [0.2, 0.25) is 0 Å². The molecule has 0 aromatic heterocycles. The van der Waals surface area contributed by atoms with Gasteiger partial charge < -0.3 is 14.6 Å². The zero-order valence-corrected chi connectivity index (χ0v) is 8.74. The molecular formula is C10H19NO3. The number of morpholine rings is 1. The predicted octanol–water partition coefficient (Wildman–Crippen LogP) is -0.142. The Hall–Kier alpha value is -0.160. The lowest BCUT2D eigenvalue weighted by Crippen LogP contribution is -2.59. The third kappa shape index (κ3) is 2.08. The molecule has 0 amide bonds. The van der Waals surface area contributed by atoms with E-state index in [-0.39, 0.29) is 6.04 Å². The van der Waals surface area contributed by atoms with Gasteiger partial charge in [-0.05, 0) is 6.92 Å². The van der Waals surface area contributed by atoms with Gasteiger partial charge in [0.1, 0.15) is 0 Å². The van der Waals surface area contributed by atoms with Crippen LogP contribution >= 0.6 is 0 Å². The molecular weight excluding hydrogens is 182 g/mol. The van der Waals surface area contributed by atoms with E-state index in [1.807, 2.05) is 6.92 Å². The second-order valence-corrected chi connectivity index (χ2v) is 4.35. The topological polar surface area (TPSA) is 41.9 Å². The van der Waals surface area contributed by atoms with Crippen molar-refractivity contribution < 1.29 is 14.6 Å². The van der Waals surface area contributed by atoms with E-state index in [1.165, 1.54) is 0 Å². The van der Waals surface area contributed by atoms with Crippen molar-refractivity contribution >= 4 is 0 Å². The quantitative estimate of drug-likeness (QED) is 0.641. The number of hydrogen-bond acceptors (Lipinski definition) is 4. The van der Waals surface area contributed by atoms with E-state index in [2.05, 4.69) is 4.90 Å². The van der Waals surface area contributed by atoms with E-state index >= 15 is 0 Å². The Balaban J connectivity index is 1.99. The lowest BCUT2D eigenvalue weighted by atomic mass is 9.90. The minimum Gasteiger partial charge on any atom is -0.388 e. The van der Waals surface area contributed by atoms with Crippen LogP contribution in [0, 0.1) is 0 Å². The Bertz CT molecular complexity index is 190. The average molecular weight is 201 g/mol. The number of rotatable bonds is 1. The third-order valence-corrected chi connectivity index (χ3v) is 3.23. The Labute approximate surface area is 84.8 Å². The van der Waals surface area contributed by atoms with E-state index in [0.29, 0.717) is 13.2 Å². The van der Waals surface area contributed by atoms with Crippen molar-refractivity contribution in [2.75, 3.05) is 39.5 Å². The highest BCUT2D eigenvalue weighted by Crippen LogP contribution is 2.25. The van der Waals surface area contributed by atoms with Gasteiger partial charge in [-0.2, -0.15) is 0 Å². The first kappa shape index (κ1) is 10.4. The van der Waals surface area contributed by atoms with Gasteiger partial charge in [-0.1, -0.05) is 0 Å². The summed E-state index contributed by atoms with van der Waals surface area (Å²) in [6.45, 7) is 6.59. The van der Waals surface area contributed by atoms with Crippen LogP contribution in [0.25, 0.3) is 0 Å². The zero-order valence-electron chi connectivity index (χ0n) is 8.74. The van der Waals surface area contributed by atoms with E-state index < -0.39 is 5.60 Å². The van der Waals surface area contributed by atoms with Crippen LogP contribution in [0.1, 0.15) is 13.3 Å². The first-order chi connectivity index (χ1) is 6.70. The van der Waals surface area contributed by atoms with Crippen LogP contribution < -0.4 is 0 Å². The number of nitrogens with zero attached hydrogens (tertiary/aromatic N) is 1. The minimum atomic E-state index is -0.602. The lowest BCUT2D eigenvalue weighted by Gasteiger charge is -2.44. The first-order valence-corrected chi connectivity index (χ1v) is 5.32. The highest BCUT2D eigenvalue weighted by atomic mass is 16.5. The molecule has 2 fully saturated rings. The SMILES string of the molecule is CC1(O)CCOCC1N1CCOCC1. The van der Waals surface area contributed by atoms with Gasteiger partial charge in [0, 0.05) is 26.1 Å². The highest BCUT2D eigenvalue weighted by Gasteiger charge is 2.39. The fourth-order valence-corrected chi connectivity index (χ4v) is 2.21. The van der Waals surface area contributed by atoms with E-state index in [1.54, 1.807) is 0 Å². The molecule has 14 heavy (non-hydrogen) atoms. The summed E-state index contributed by atoms with van der Waals surface area (Å²) in [4.78, 5) is 2.28. The third-order valence-electron chi connectivity index (χ3n) is 3.23. The predicted molar refractivity (Wildman–Crippen MR) is 52.2 cm³/mol. The fraction of sp³-hybridized carbons (Fsp3) is 1.00. The summed E-state index contributed by atoms with van der Waals surface area (Å²) in [6.07, 6.45) is 0.731. The van der Waals surface area contributed by atoms with E-state index in [9.17, 15) is 5.11 Å². The number of hydrogen-bond donors (Lipinski definition) is 1. The van der Waals surface area contributed by atoms with Crippen LogP contribution in [0.15, 0.2) is 0 Å². The molecule has 2 aliphatic heterocycles. The van der Waals surface area contributed by atoms with Crippen molar-refractivity contribution in [3.8, 4) is 0 Å². The summed E-state index contributed by atoms with van der Waals surface area (Å²) in [5.41, 5.74) is -0.602. The summed E-state index contributed by atoms with van der Waals surface area (Å²) < 4.78 is 10.7. The second kappa shape index (κ2) is 4.14. The second-order valence-electron chi connectivity index (χ2n) is 4.35. The van der Waals surface area contributed by atoms with E-state index in [4.69, 9.17) is 9.47 Å². The molecule has 2 atom stereocenters. The van der Waals surface area contributed by atoms with Crippen molar-refractivity contribution in [2.45, 2.75) is 25.0 Å². The largest absolute Gasteiger partial charge is 0.388 e. The van der Waals surface area contributed by atoms with Crippen LogP contribution in [0.2, 0.25) is 0 Å². The van der Waals surface area contributed by atoms with Crippen LogP contribution in [0.4, 0.5) is 0 Å². The van der Waals surface area contributed by atoms with Crippen LogP contribution in [-0.2, 0) is 9.47 Å². The van der Waals surface area contributed by atoms with Gasteiger partial charge in [-0.25, -0.2) is 0 Å². The Kier molecular flexibility index (Phi) is 3.07. The van der Waals surface area contributed by atoms with Gasteiger partial charge in [-0.3, -0.25) is 4.90 Å². The van der Waals surface area contributed by atoms with Crippen molar-refractivity contribution in [1.29, 1.82) is 0 Å². The van der Waals surface area contributed by atoms with Crippen LogP contribution in [0.5, 0.6) is 0 Å². The molecule has 0 aromatic carbocycles. The molecule has 2 saturated heterocycles. The molecule has 4 nitrogen and oxygen atoms in total. The Morgan fingerprint density at radius 1 is 1.21 bits per heavy atom. The maximum absolute atomic E-state index is 10.2. The summed E-state index contributed by atoms with van der Waals surface area (Å²) >= 11 is 0. The summed E-state index contributed by atoms with van der Waals surface area (Å²) in [6, 6.07) is 0.139. The summed E-state index contributed by atoms with van der Waals surface area (Å²) in [5.74, 6) is 0. The normalized spacial score (nSPS) is 41.1. The fourth-order valence-electron chi connectivity index (χ4n) is 2.21. The van der Waals surface area contributed by atoms with Gasteiger partial charge in [0.05, 0.1) is 31.5 Å². The molecule has 0 bridgehead atoms. The maximum atomic E-state index is 10.2. The molecule has 2 unspecified atom stereocenters.